The number of carbonyl (C=O) groups excluding carboxylic acids is 1. The van der Waals surface area contributed by atoms with Crippen LogP contribution in [0.1, 0.15) is 31.4 Å². The van der Waals surface area contributed by atoms with Crippen molar-refractivity contribution in [2.45, 2.75) is 31.8 Å². The Kier molecular flexibility index (Phi) is 5.09. The summed E-state index contributed by atoms with van der Waals surface area (Å²) in [4.78, 5) is 14.2. The van der Waals surface area contributed by atoms with E-state index in [2.05, 4.69) is 5.32 Å². The van der Waals surface area contributed by atoms with Gasteiger partial charge in [-0.1, -0.05) is 25.5 Å². The molecule has 2 atom stereocenters. The lowest BCUT2D eigenvalue weighted by molar-refractivity contribution is -0.136. The fourth-order valence-corrected chi connectivity index (χ4v) is 2.63. The van der Waals surface area contributed by atoms with Crippen LogP contribution in [0.15, 0.2) is 24.3 Å². The van der Waals surface area contributed by atoms with Gasteiger partial charge in [0.15, 0.2) is 0 Å². The minimum absolute atomic E-state index is 0.0392. The van der Waals surface area contributed by atoms with Crippen LogP contribution in [0.5, 0.6) is 0 Å². The van der Waals surface area contributed by atoms with E-state index in [-0.39, 0.29) is 17.8 Å². The Balaban J connectivity index is 2.19. The summed E-state index contributed by atoms with van der Waals surface area (Å²) >= 11 is 0. The minimum atomic E-state index is -0.464. The number of nitrogens with two attached hydrogens (primary N) is 1. The molecule has 0 radical (unpaired) electrons. The smallest absolute Gasteiger partial charge is 0.240 e. The van der Waals surface area contributed by atoms with Crippen LogP contribution in [0.4, 0.5) is 4.39 Å². The number of rotatable bonds is 4. The van der Waals surface area contributed by atoms with E-state index in [4.69, 9.17) is 5.73 Å². The standard InChI is InChI=1S/C15H22FN3O/c1-2-4-13(17)15(20)19-8-7-18-10-14(19)11-5-3-6-12(16)9-11/h3,5-6,9,13-14,18H,2,4,7-8,10,17H2,1H3. The normalized spacial score (nSPS) is 20.8. The fraction of sp³-hybridized carbons (Fsp3) is 0.533. The predicted molar refractivity (Wildman–Crippen MR) is 76.6 cm³/mol. The van der Waals surface area contributed by atoms with Crippen molar-refractivity contribution in [2.24, 2.45) is 5.73 Å². The third kappa shape index (κ3) is 3.35. The van der Waals surface area contributed by atoms with Gasteiger partial charge < -0.3 is 16.0 Å². The lowest BCUT2D eigenvalue weighted by Gasteiger charge is -2.38. The second kappa shape index (κ2) is 6.81. The third-order valence-electron chi connectivity index (χ3n) is 3.68. The van der Waals surface area contributed by atoms with Gasteiger partial charge in [0.25, 0.3) is 0 Å². The van der Waals surface area contributed by atoms with Gasteiger partial charge in [-0.3, -0.25) is 4.79 Å². The van der Waals surface area contributed by atoms with Crippen molar-refractivity contribution in [3.8, 4) is 0 Å². The van der Waals surface area contributed by atoms with Crippen molar-refractivity contribution in [1.82, 2.24) is 10.2 Å². The van der Waals surface area contributed by atoms with Gasteiger partial charge in [-0.05, 0) is 24.1 Å². The van der Waals surface area contributed by atoms with E-state index in [0.717, 1.165) is 18.5 Å². The van der Waals surface area contributed by atoms with Crippen molar-refractivity contribution in [1.29, 1.82) is 0 Å². The van der Waals surface area contributed by atoms with Crippen LogP contribution in [0.25, 0.3) is 0 Å². The first-order valence-electron chi connectivity index (χ1n) is 7.15. The average Bonchev–Trinajstić information content (AvgIpc) is 2.47. The maximum Gasteiger partial charge on any atom is 0.240 e. The van der Waals surface area contributed by atoms with Crippen LogP contribution >= 0.6 is 0 Å². The highest BCUT2D eigenvalue weighted by Crippen LogP contribution is 2.23. The number of halogens is 1. The lowest BCUT2D eigenvalue weighted by Crippen LogP contribution is -2.53. The molecule has 1 saturated heterocycles. The molecule has 1 aromatic rings. The van der Waals surface area contributed by atoms with Gasteiger partial charge in [0, 0.05) is 19.6 Å². The van der Waals surface area contributed by atoms with Crippen LogP contribution in [-0.2, 0) is 4.79 Å². The summed E-state index contributed by atoms with van der Waals surface area (Å²) in [5, 5.41) is 3.25. The molecule has 0 aromatic heterocycles. The molecule has 1 aliphatic heterocycles. The Bertz CT molecular complexity index is 466. The van der Waals surface area contributed by atoms with Crippen molar-refractivity contribution in [3.05, 3.63) is 35.6 Å². The Morgan fingerprint density at radius 2 is 2.40 bits per heavy atom. The highest BCUT2D eigenvalue weighted by atomic mass is 19.1. The summed E-state index contributed by atoms with van der Waals surface area (Å²) in [6, 6.07) is 5.82. The Morgan fingerprint density at radius 1 is 1.60 bits per heavy atom. The summed E-state index contributed by atoms with van der Waals surface area (Å²) in [7, 11) is 0. The molecule has 1 amide bonds. The summed E-state index contributed by atoms with van der Waals surface area (Å²) < 4.78 is 13.4. The van der Waals surface area contributed by atoms with E-state index in [9.17, 15) is 9.18 Å². The van der Waals surface area contributed by atoms with Gasteiger partial charge in [0.05, 0.1) is 12.1 Å². The molecule has 110 valence electrons. The second-order valence-corrected chi connectivity index (χ2v) is 5.20. The van der Waals surface area contributed by atoms with Gasteiger partial charge >= 0.3 is 0 Å². The van der Waals surface area contributed by atoms with Crippen molar-refractivity contribution in [2.75, 3.05) is 19.6 Å². The van der Waals surface area contributed by atoms with Gasteiger partial charge in [0.1, 0.15) is 5.82 Å². The highest BCUT2D eigenvalue weighted by Gasteiger charge is 2.30. The van der Waals surface area contributed by atoms with E-state index in [0.29, 0.717) is 19.5 Å². The van der Waals surface area contributed by atoms with E-state index in [1.807, 2.05) is 13.0 Å². The average molecular weight is 279 g/mol. The zero-order valence-corrected chi connectivity index (χ0v) is 11.8. The molecular formula is C15H22FN3O. The summed E-state index contributed by atoms with van der Waals surface area (Å²) in [5.41, 5.74) is 6.76. The fourth-order valence-electron chi connectivity index (χ4n) is 2.63. The molecule has 0 aliphatic carbocycles. The maximum absolute atomic E-state index is 13.4. The molecule has 2 rings (SSSR count). The van der Waals surface area contributed by atoms with Crippen LogP contribution < -0.4 is 11.1 Å². The van der Waals surface area contributed by atoms with Crippen molar-refractivity contribution in [3.63, 3.8) is 0 Å². The lowest BCUT2D eigenvalue weighted by atomic mass is 10.0. The zero-order chi connectivity index (χ0) is 14.5. The zero-order valence-electron chi connectivity index (χ0n) is 11.8. The molecule has 20 heavy (non-hydrogen) atoms. The molecule has 2 unspecified atom stereocenters. The Morgan fingerprint density at radius 3 is 3.10 bits per heavy atom. The van der Waals surface area contributed by atoms with Gasteiger partial charge in [-0.2, -0.15) is 0 Å². The molecule has 3 N–H and O–H groups in total. The van der Waals surface area contributed by atoms with Gasteiger partial charge in [0.2, 0.25) is 5.91 Å². The minimum Gasteiger partial charge on any atom is -0.332 e. The number of nitrogens with zero attached hydrogens (tertiary/aromatic N) is 1. The van der Waals surface area contributed by atoms with Gasteiger partial charge in [-0.15, -0.1) is 0 Å². The maximum atomic E-state index is 13.4. The predicted octanol–water partition coefficient (Wildman–Crippen LogP) is 1.43. The molecular weight excluding hydrogens is 257 g/mol. The molecule has 0 bridgehead atoms. The number of benzene rings is 1. The summed E-state index contributed by atoms with van der Waals surface area (Å²) in [5.74, 6) is -0.319. The topological polar surface area (TPSA) is 58.4 Å². The number of amides is 1. The summed E-state index contributed by atoms with van der Waals surface area (Å²) in [6.45, 7) is 4.00. The monoisotopic (exact) mass is 279 g/mol. The quantitative estimate of drug-likeness (QED) is 0.876. The largest absolute Gasteiger partial charge is 0.332 e. The number of hydrogen-bond acceptors (Lipinski definition) is 3. The van der Waals surface area contributed by atoms with Gasteiger partial charge in [-0.25, -0.2) is 4.39 Å². The number of hydrogen-bond donors (Lipinski definition) is 2. The number of carbonyl (C=O) groups is 1. The summed E-state index contributed by atoms with van der Waals surface area (Å²) in [6.07, 6.45) is 1.56. The Labute approximate surface area is 119 Å². The molecule has 5 heteroatoms. The molecule has 1 aliphatic rings. The van der Waals surface area contributed by atoms with Crippen LogP contribution in [-0.4, -0.2) is 36.5 Å². The molecule has 0 saturated carbocycles. The molecule has 1 aromatic carbocycles. The Hall–Kier alpha value is -1.46. The van der Waals surface area contributed by atoms with E-state index in [1.54, 1.807) is 11.0 Å². The van der Waals surface area contributed by atoms with Crippen molar-refractivity contribution < 1.29 is 9.18 Å². The van der Waals surface area contributed by atoms with Crippen LogP contribution in [0.2, 0.25) is 0 Å². The van der Waals surface area contributed by atoms with Crippen LogP contribution in [0, 0.1) is 5.82 Å². The third-order valence-corrected chi connectivity index (χ3v) is 3.68. The van der Waals surface area contributed by atoms with E-state index in [1.165, 1.54) is 12.1 Å². The molecule has 1 heterocycles. The first-order valence-corrected chi connectivity index (χ1v) is 7.15. The van der Waals surface area contributed by atoms with Crippen LogP contribution in [0.3, 0.4) is 0 Å². The first kappa shape index (κ1) is 14.9. The highest BCUT2D eigenvalue weighted by molar-refractivity contribution is 5.82. The molecule has 1 fully saturated rings. The molecule has 4 nitrogen and oxygen atoms in total. The number of piperazine rings is 1. The van der Waals surface area contributed by atoms with Crippen molar-refractivity contribution >= 4 is 5.91 Å². The second-order valence-electron chi connectivity index (χ2n) is 5.20. The first-order chi connectivity index (χ1) is 9.63. The SMILES string of the molecule is CCCC(N)C(=O)N1CCNCC1c1cccc(F)c1. The number of nitrogens with one attached hydrogen (secondary N) is 1. The van der Waals surface area contributed by atoms with E-state index < -0.39 is 6.04 Å². The van der Waals surface area contributed by atoms with E-state index >= 15 is 0 Å². The molecule has 0 spiro atoms.